The van der Waals surface area contributed by atoms with Gasteiger partial charge in [-0.2, -0.15) is 0 Å². The highest BCUT2D eigenvalue weighted by Crippen LogP contribution is 2.34. The third-order valence-electron chi connectivity index (χ3n) is 1.44. The van der Waals surface area contributed by atoms with Gasteiger partial charge in [0.1, 0.15) is 5.75 Å². The highest BCUT2D eigenvalue weighted by molar-refractivity contribution is 9.10. The molecule has 4 heteroatoms. The average molecular weight is 237 g/mol. The molecule has 1 aromatic carbocycles. The molecule has 66 valence electrons. The number of benzene rings is 1. The number of para-hydroxylation sites is 1. The molecule has 0 unspecified atom stereocenters. The van der Waals surface area contributed by atoms with Gasteiger partial charge in [-0.05, 0) is 28.1 Å². The number of hydrogen-bond donors (Lipinski definition) is 0. The predicted octanol–water partition coefficient (Wildman–Crippen LogP) is 3.40. The molecule has 0 spiro atoms. The molecule has 0 amide bonds. The van der Waals surface area contributed by atoms with E-state index in [1.807, 2.05) is 0 Å². The van der Waals surface area contributed by atoms with Crippen LogP contribution < -0.4 is 4.74 Å². The molecule has 1 nitrogen and oxygen atoms in total. The van der Waals surface area contributed by atoms with Crippen molar-refractivity contribution in [3.8, 4) is 5.75 Å². The zero-order chi connectivity index (χ0) is 9.14. The molecule has 0 aliphatic rings. The van der Waals surface area contributed by atoms with Crippen LogP contribution >= 0.6 is 15.9 Å². The van der Waals surface area contributed by atoms with Gasteiger partial charge in [-0.1, -0.05) is 6.07 Å². The zero-order valence-corrected chi connectivity index (χ0v) is 7.94. The lowest BCUT2D eigenvalue weighted by atomic mass is 10.2. The minimum Gasteiger partial charge on any atom is -0.495 e. The van der Waals surface area contributed by atoms with E-state index in [1.54, 1.807) is 12.1 Å². The summed E-state index contributed by atoms with van der Waals surface area (Å²) in [5, 5.41) is 0. The molecule has 0 aromatic heterocycles. The quantitative estimate of drug-likeness (QED) is 0.765. The van der Waals surface area contributed by atoms with E-state index in [2.05, 4.69) is 15.9 Å². The number of alkyl halides is 2. The molecule has 0 saturated carbocycles. The molecule has 1 aromatic rings. The van der Waals surface area contributed by atoms with E-state index in [0.29, 0.717) is 4.47 Å². The van der Waals surface area contributed by atoms with Gasteiger partial charge in [0.25, 0.3) is 6.43 Å². The molecule has 12 heavy (non-hydrogen) atoms. The molecule has 0 aliphatic heterocycles. The molecule has 0 heterocycles. The monoisotopic (exact) mass is 236 g/mol. The molecular formula is C8H7BrF2O. The minimum atomic E-state index is -2.50. The third-order valence-corrected chi connectivity index (χ3v) is 2.06. The fraction of sp³-hybridized carbons (Fsp3) is 0.250. The van der Waals surface area contributed by atoms with Gasteiger partial charge in [0.15, 0.2) is 0 Å². The van der Waals surface area contributed by atoms with Gasteiger partial charge >= 0.3 is 0 Å². The second-order valence-electron chi connectivity index (χ2n) is 2.16. The maximum atomic E-state index is 12.3. The summed E-state index contributed by atoms with van der Waals surface area (Å²) in [6.07, 6.45) is -2.50. The molecule has 0 aliphatic carbocycles. The first kappa shape index (κ1) is 9.45. The lowest BCUT2D eigenvalue weighted by Crippen LogP contribution is -1.92. The van der Waals surface area contributed by atoms with E-state index in [-0.39, 0.29) is 11.3 Å². The predicted molar refractivity (Wildman–Crippen MR) is 45.7 cm³/mol. The van der Waals surface area contributed by atoms with Crippen LogP contribution in [0.3, 0.4) is 0 Å². The second kappa shape index (κ2) is 3.85. The van der Waals surface area contributed by atoms with Crippen LogP contribution in [0, 0.1) is 0 Å². The van der Waals surface area contributed by atoms with Crippen LogP contribution in [-0.4, -0.2) is 7.11 Å². The van der Waals surface area contributed by atoms with E-state index < -0.39 is 6.43 Å². The van der Waals surface area contributed by atoms with Gasteiger partial charge in [0.2, 0.25) is 0 Å². The second-order valence-corrected chi connectivity index (χ2v) is 3.02. The van der Waals surface area contributed by atoms with Crippen molar-refractivity contribution in [3.05, 3.63) is 28.2 Å². The molecule has 0 bridgehead atoms. The lowest BCUT2D eigenvalue weighted by Gasteiger charge is -2.08. The summed E-state index contributed by atoms with van der Waals surface area (Å²) in [5.41, 5.74) is -0.0909. The van der Waals surface area contributed by atoms with Gasteiger partial charge in [-0.3, -0.25) is 0 Å². The van der Waals surface area contributed by atoms with Crippen molar-refractivity contribution in [2.24, 2.45) is 0 Å². The molecule has 0 fully saturated rings. The Morgan fingerprint density at radius 3 is 2.50 bits per heavy atom. The lowest BCUT2D eigenvalue weighted by molar-refractivity contribution is 0.147. The fourth-order valence-electron chi connectivity index (χ4n) is 0.913. The molecule has 0 saturated heterocycles. The average Bonchev–Trinajstić information content (AvgIpc) is 2.03. The molecule has 0 N–H and O–H groups in total. The largest absolute Gasteiger partial charge is 0.495 e. The Kier molecular flexibility index (Phi) is 3.03. The first-order chi connectivity index (χ1) is 5.66. The normalized spacial score (nSPS) is 10.4. The Bertz CT molecular complexity index is 276. The van der Waals surface area contributed by atoms with Crippen LogP contribution in [0.15, 0.2) is 22.7 Å². The van der Waals surface area contributed by atoms with E-state index in [4.69, 9.17) is 4.74 Å². The van der Waals surface area contributed by atoms with E-state index in [1.165, 1.54) is 13.2 Å². The molecule has 1 rings (SSSR count). The van der Waals surface area contributed by atoms with Crippen LogP contribution in [0.5, 0.6) is 5.75 Å². The maximum Gasteiger partial charge on any atom is 0.267 e. The molecular weight excluding hydrogens is 230 g/mol. The summed E-state index contributed by atoms with van der Waals surface area (Å²) < 4.78 is 29.9. The van der Waals surface area contributed by atoms with Crippen molar-refractivity contribution < 1.29 is 13.5 Å². The zero-order valence-electron chi connectivity index (χ0n) is 6.35. The van der Waals surface area contributed by atoms with Crippen LogP contribution in [-0.2, 0) is 0 Å². The van der Waals surface area contributed by atoms with Crippen LogP contribution in [0.1, 0.15) is 12.0 Å². The van der Waals surface area contributed by atoms with Crippen molar-refractivity contribution in [2.75, 3.05) is 7.11 Å². The van der Waals surface area contributed by atoms with Crippen molar-refractivity contribution in [1.82, 2.24) is 0 Å². The summed E-state index contributed by atoms with van der Waals surface area (Å²) in [6.45, 7) is 0. The first-order valence-electron chi connectivity index (χ1n) is 3.27. The van der Waals surface area contributed by atoms with Gasteiger partial charge in [-0.25, -0.2) is 8.78 Å². The number of halogens is 3. The smallest absolute Gasteiger partial charge is 0.267 e. The number of rotatable bonds is 2. The Labute approximate surface area is 77.5 Å². The summed E-state index contributed by atoms with van der Waals surface area (Å²) in [5.74, 6) is 0.201. The third kappa shape index (κ3) is 1.75. The summed E-state index contributed by atoms with van der Waals surface area (Å²) in [4.78, 5) is 0. The van der Waals surface area contributed by atoms with Gasteiger partial charge in [-0.15, -0.1) is 0 Å². The Morgan fingerprint density at radius 2 is 2.08 bits per heavy atom. The van der Waals surface area contributed by atoms with Crippen molar-refractivity contribution in [2.45, 2.75) is 6.43 Å². The summed E-state index contributed by atoms with van der Waals surface area (Å²) in [7, 11) is 1.37. The molecule has 0 atom stereocenters. The van der Waals surface area contributed by atoms with E-state index in [0.717, 1.165) is 0 Å². The van der Waals surface area contributed by atoms with Crippen LogP contribution in [0.4, 0.5) is 8.78 Å². The highest BCUT2D eigenvalue weighted by atomic mass is 79.9. The SMILES string of the molecule is COc1c(Br)cccc1C(F)F. The van der Waals surface area contributed by atoms with Gasteiger partial charge < -0.3 is 4.74 Å². The Morgan fingerprint density at radius 1 is 1.42 bits per heavy atom. The standard InChI is InChI=1S/C8H7BrF2O/c1-12-7-5(8(10)11)3-2-4-6(7)9/h2-4,8H,1H3. The number of hydrogen-bond acceptors (Lipinski definition) is 1. The van der Waals surface area contributed by atoms with Crippen LogP contribution in [0.2, 0.25) is 0 Å². The van der Waals surface area contributed by atoms with Gasteiger partial charge in [0, 0.05) is 0 Å². The topological polar surface area (TPSA) is 9.23 Å². The number of methoxy groups -OCH3 is 1. The highest BCUT2D eigenvalue weighted by Gasteiger charge is 2.14. The number of ether oxygens (including phenoxy) is 1. The van der Waals surface area contributed by atoms with E-state index in [9.17, 15) is 8.78 Å². The Balaban J connectivity index is 3.18. The summed E-state index contributed by atoms with van der Waals surface area (Å²) in [6, 6.07) is 4.55. The molecule has 0 radical (unpaired) electrons. The van der Waals surface area contributed by atoms with E-state index >= 15 is 0 Å². The van der Waals surface area contributed by atoms with Crippen LogP contribution in [0.25, 0.3) is 0 Å². The minimum absolute atomic E-state index is 0.0909. The first-order valence-corrected chi connectivity index (χ1v) is 4.06. The van der Waals surface area contributed by atoms with Gasteiger partial charge in [0.05, 0.1) is 17.1 Å². The van der Waals surface area contributed by atoms with Crippen molar-refractivity contribution in [1.29, 1.82) is 0 Å². The maximum absolute atomic E-state index is 12.3. The Hall–Kier alpha value is -0.640. The fourth-order valence-corrected chi connectivity index (χ4v) is 1.46. The van der Waals surface area contributed by atoms with Crippen molar-refractivity contribution >= 4 is 15.9 Å². The summed E-state index contributed by atoms with van der Waals surface area (Å²) >= 11 is 3.12. The van der Waals surface area contributed by atoms with Crippen molar-refractivity contribution in [3.63, 3.8) is 0 Å².